The Morgan fingerprint density at radius 2 is 1.38 bits per heavy atom. The highest BCUT2D eigenvalue weighted by Gasteiger charge is 2.18. The molecule has 0 spiro atoms. The first-order valence-electron chi connectivity index (χ1n) is 7.85. The van der Waals surface area contributed by atoms with Crippen LogP contribution in [0.2, 0.25) is 0 Å². The molecule has 2 aromatic carbocycles. The van der Waals surface area contributed by atoms with Crippen LogP contribution in [-0.2, 0) is 4.74 Å². The normalized spacial score (nSPS) is 16.2. The lowest BCUT2D eigenvalue weighted by molar-refractivity contribution is 0.0438. The molecule has 1 saturated heterocycles. The third-order valence-electron chi connectivity index (χ3n) is 4.16. The first kappa shape index (κ1) is 14.3. The summed E-state index contributed by atoms with van der Waals surface area (Å²) in [7, 11) is 0. The first-order valence-corrected chi connectivity index (χ1v) is 7.85. The Labute approximate surface area is 127 Å². The molecule has 0 unspecified atom stereocenters. The number of piperidine rings is 1. The Kier molecular flexibility index (Phi) is 5.03. The second kappa shape index (κ2) is 7.39. The molecule has 0 saturated carbocycles. The molecule has 2 heteroatoms. The Bertz CT molecular complexity index is 480. The van der Waals surface area contributed by atoms with Crippen molar-refractivity contribution in [2.75, 3.05) is 19.7 Å². The number of ether oxygens (including phenoxy) is 1. The van der Waals surface area contributed by atoms with E-state index in [0.29, 0.717) is 5.92 Å². The van der Waals surface area contributed by atoms with Gasteiger partial charge in [0.25, 0.3) is 0 Å². The van der Waals surface area contributed by atoms with Crippen molar-refractivity contribution in [1.29, 1.82) is 0 Å². The van der Waals surface area contributed by atoms with E-state index in [0.717, 1.165) is 19.7 Å². The van der Waals surface area contributed by atoms with E-state index in [1.807, 2.05) is 0 Å². The molecule has 2 nitrogen and oxygen atoms in total. The molecule has 1 N–H and O–H groups in total. The van der Waals surface area contributed by atoms with Crippen molar-refractivity contribution in [1.82, 2.24) is 5.32 Å². The van der Waals surface area contributed by atoms with Crippen molar-refractivity contribution in [3.8, 4) is 0 Å². The van der Waals surface area contributed by atoms with Crippen molar-refractivity contribution in [2.24, 2.45) is 5.92 Å². The summed E-state index contributed by atoms with van der Waals surface area (Å²) in [6, 6.07) is 21.0. The molecular formula is C19H23NO. The molecule has 0 radical (unpaired) electrons. The van der Waals surface area contributed by atoms with Gasteiger partial charge in [-0.2, -0.15) is 0 Å². The molecule has 21 heavy (non-hydrogen) atoms. The van der Waals surface area contributed by atoms with Gasteiger partial charge in [-0.15, -0.1) is 0 Å². The van der Waals surface area contributed by atoms with E-state index in [4.69, 9.17) is 4.74 Å². The number of nitrogens with one attached hydrogen (secondary N) is 1. The summed E-state index contributed by atoms with van der Waals surface area (Å²) in [6.45, 7) is 3.08. The summed E-state index contributed by atoms with van der Waals surface area (Å²) in [5, 5.41) is 3.41. The van der Waals surface area contributed by atoms with Crippen LogP contribution in [0.25, 0.3) is 0 Å². The number of rotatable bonds is 5. The van der Waals surface area contributed by atoms with Crippen LogP contribution in [0.5, 0.6) is 0 Å². The Morgan fingerprint density at radius 3 is 1.90 bits per heavy atom. The molecule has 0 amide bonds. The maximum absolute atomic E-state index is 6.33. The summed E-state index contributed by atoms with van der Waals surface area (Å²) in [6.07, 6.45) is 2.48. The summed E-state index contributed by atoms with van der Waals surface area (Å²) < 4.78 is 6.33. The zero-order valence-electron chi connectivity index (χ0n) is 12.4. The molecule has 110 valence electrons. The average molecular weight is 281 g/mol. The van der Waals surface area contributed by atoms with Crippen molar-refractivity contribution in [2.45, 2.75) is 18.9 Å². The summed E-state index contributed by atoms with van der Waals surface area (Å²) in [4.78, 5) is 0. The van der Waals surface area contributed by atoms with Crippen molar-refractivity contribution >= 4 is 0 Å². The summed E-state index contributed by atoms with van der Waals surface area (Å²) >= 11 is 0. The minimum absolute atomic E-state index is 0.0438. The molecule has 1 fully saturated rings. The van der Waals surface area contributed by atoms with Crippen LogP contribution in [0.3, 0.4) is 0 Å². The van der Waals surface area contributed by atoms with Gasteiger partial charge in [-0.05, 0) is 43.0 Å². The van der Waals surface area contributed by atoms with Crippen LogP contribution in [0.4, 0.5) is 0 Å². The first-order chi connectivity index (χ1) is 10.4. The fraction of sp³-hybridized carbons (Fsp3) is 0.368. The lowest BCUT2D eigenvalue weighted by atomic mass is 9.98. The monoisotopic (exact) mass is 281 g/mol. The highest BCUT2D eigenvalue weighted by molar-refractivity contribution is 5.29. The molecule has 0 atom stereocenters. The molecule has 2 aromatic rings. The average Bonchev–Trinajstić information content (AvgIpc) is 2.58. The van der Waals surface area contributed by atoms with Crippen molar-refractivity contribution in [3.63, 3.8) is 0 Å². The SMILES string of the molecule is c1ccc(C(OCC2CCNCC2)c2ccccc2)cc1. The van der Waals surface area contributed by atoms with E-state index in [-0.39, 0.29) is 6.10 Å². The van der Waals surface area contributed by atoms with Gasteiger partial charge in [0.15, 0.2) is 0 Å². The van der Waals surface area contributed by atoms with Crippen LogP contribution < -0.4 is 5.32 Å². The smallest absolute Gasteiger partial charge is 0.108 e. The zero-order valence-corrected chi connectivity index (χ0v) is 12.4. The highest BCUT2D eigenvalue weighted by atomic mass is 16.5. The van der Waals surface area contributed by atoms with Gasteiger partial charge >= 0.3 is 0 Å². The molecule has 0 aliphatic carbocycles. The zero-order chi connectivity index (χ0) is 14.3. The van der Waals surface area contributed by atoms with Crippen LogP contribution in [0.1, 0.15) is 30.1 Å². The lowest BCUT2D eigenvalue weighted by Crippen LogP contribution is -2.30. The molecule has 1 aliphatic rings. The van der Waals surface area contributed by atoms with Crippen LogP contribution in [0, 0.1) is 5.92 Å². The topological polar surface area (TPSA) is 21.3 Å². The second-order valence-electron chi connectivity index (χ2n) is 5.73. The van der Waals surface area contributed by atoms with Crippen molar-refractivity contribution in [3.05, 3.63) is 71.8 Å². The quantitative estimate of drug-likeness (QED) is 0.900. The van der Waals surface area contributed by atoms with Gasteiger partial charge in [-0.1, -0.05) is 60.7 Å². The Hall–Kier alpha value is -1.64. The van der Waals surface area contributed by atoms with E-state index in [9.17, 15) is 0 Å². The van der Waals surface area contributed by atoms with Gasteiger partial charge in [0.05, 0.1) is 6.61 Å². The van der Waals surface area contributed by atoms with E-state index < -0.39 is 0 Å². The lowest BCUT2D eigenvalue weighted by Gasteiger charge is -2.26. The number of hydrogen-bond acceptors (Lipinski definition) is 2. The minimum atomic E-state index is 0.0438. The summed E-state index contributed by atoms with van der Waals surface area (Å²) in [5.74, 6) is 0.682. The molecule has 1 aliphatic heterocycles. The van der Waals surface area contributed by atoms with Gasteiger partial charge in [-0.25, -0.2) is 0 Å². The Balaban J connectivity index is 1.73. The third-order valence-corrected chi connectivity index (χ3v) is 4.16. The van der Waals surface area contributed by atoms with Gasteiger partial charge in [0.2, 0.25) is 0 Å². The van der Waals surface area contributed by atoms with E-state index >= 15 is 0 Å². The molecule has 1 heterocycles. The van der Waals surface area contributed by atoms with E-state index in [1.54, 1.807) is 0 Å². The van der Waals surface area contributed by atoms with Crippen molar-refractivity contribution < 1.29 is 4.74 Å². The number of hydrogen-bond donors (Lipinski definition) is 1. The van der Waals surface area contributed by atoms with Gasteiger partial charge in [0.1, 0.15) is 6.10 Å². The fourth-order valence-electron chi connectivity index (χ4n) is 2.92. The maximum Gasteiger partial charge on any atom is 0.108 e. The second-order valence-corrected chi connectivity index (χ2v) is 5.73. The van der Waals surface area contributed by atoms with E-state index in [2.05, 4.69) is 66.0 Å². The maximum atomic E-state index is 6.33. The summed E-state index contributed by atoms with van der Waals surface area (Å²) in [5.41, 5.74) is 2.47. The number of benzene rings is 2. The Morgan fingerprint density at radius 1 is 0.857 bits per heavy atom. The molecule has 3 rings (SSSR count). The van der Waals surface area contributed by atoms with Crippen LogP contribution >= 0.6 is 0 Å². The van der Waals surface area contributed by atoms with Crippen LogP contribution in [-0.4, -0.2) is 19.7 Å². The molecular weight excluding hydrogens is 258 g/mol. The predicted octanol–water partition coefficient (Wildman–Crippen LogP) is 3.79. The third kappa shape index (κ3) is 3.93. The fourth-order valence-corrected chi connectivity index (χ4v) is 2.92. The molecule has 0 bridgehead atoms. The van der Waals surface area contributed by atoms with Gasteiger partial charge in [-0.3, -0.25) is 0 Å². The highest BCUT2D eigenvalue weighted by Crippen LogP contribution is 2.27. The van der Waals surface area contributed by atoms with Gasteiger partial charge in [0, 0.05) is 0 Å². The molecule has 0 aromatic heterocycles. The van der Waals surface area contributed by atoms with Crippen LogP contribution in [0.15, 0.2) is 60.7 Å². The van der Waals surface area contributed by atoms with Gasteiger partial charge < -0.3 is 10.1 Å². The minimum Gasteiger partial charge on any atom is -0.368 e. The largest absolute Gasteiger partial charge is 0.368 e. The standard InChI is InChI=1S/C19H23NO/c1-3-7-17(8-4-1)19(18-9-5-2-6-10-18)21-15-16-11-13-20-14-12-16/h1-10,16,19-20H,11-15H2. The van der Waals surface area contributed by atoms with E-state index in [1.165, 1.54) is 24.0 Å². The predicted molar refractivity (Wildman–Crippen MR) is 86.3 cm³/mol.